The number of hydrogen-bond acceptors (Lipinski definition) is 5. The van der Waals surface area contributed by atoms with Gasteiger partial charge >= 0.3 is 12.1 Å². The lowest BCUT2D eigenvalue weighted by atomic mass is 9.70. The minimum Gasteiger partial charge on any atom is -0.497 e. The van der Waals surface area contributed by atoms with Crippen LogP contribution in [0.5, 0.6) is 5.75 Å². The third-order valence-corrected chi connectivity index (χ3v) is 4.41. The molecule has 1 aromatic rings. The van der Waals surface area contributed by atoms with Crippen molar-refractivity contribution in [1.29, 1.82) is 5.26 Å². The Bertz CT molecular complexity index is 788. The maximum atomic E-state index is 11.6. The van der Waals surface area contributed by atoms with Gasteiger partial charge in [0, 0.05) is 30.6 Å². The molecular formula is C18H17F3N2O4. The number of carboxylic acids is 1. The first-order valence-corrected chi connectivity index (χ1v) is 7.95. The lowest BCUT2D eigenvalue weighted by Gasteiger charge is -2.51. The molecule has 1 spiro atoms. The highest BCUT2D eigenvalue weighted by atomic mass is 19.4. The van der Waals surface area contributed by atoms with Crippen LogP contribution in [0.15, 0.2) is 35.9 Å². The fraction of sp³-hybridized carbons (Fsp3) is 0.389. The van der Waals surface area contributed by atoms with E-state index in [1.807, 2.05) is 36.4 Å². The highest BCUT2D eigenvalue weighted by Crippen LogP contribution is 2.43. The summed E-state index contributed by atoms with van der Waals surface area (Å²) in [7, 11) is 1.65. The van der Waals surface area contributed by atoms with Crippen molar-refractivity contribution in [3.63, 3.8) is 0 Å². The van der Waals surface area contributed by atoms with Crippen LogP contribution in [0, 0.1) is 16.7 Å². The summed E-state index contributed by atoms with van der Waals surface area (Å²) in [6, 6.07) is 9.99. The number of alkyl halides is 3. The number of aliphatic carboxylic acids is 1. The van der Waals surface area contributed by atoms with Crippen molar-refractivity contribution in [3.05, 3.63) is 35.9 Å². The van der Waals surface area contributed by atoms with Crippen LogP contribution in [0.4, 0.5) is 18.9 Å². The lowest BCUT2D eigenvalue weighted by molar-refractivity contribution is -0.192. The molecular weight excluding hydrogens is 365 g/mol. The SMILES string of the molecule is COc1ccc(N2CC3(C=C(C#N)C(=O)CC3)C2)cc1.O=C(O)C(F)(F)F. The number of ketones is 1. The summed E-state index contributed by atoms with van der Waals surface area (Å²) >= 11 is 0. The van der Waals surface area contributed by atoms with Gasteiger partial charge in [-0.25, -0.2) is 4.79 Å². The Balaban J connectivity index is 0.000000321. The van der Waals surface area contributed by atoms with Crippen LogP contribution in [0.2, 0.25) is 0 Å². The van der Waals surface area contributed by atoms with Gasteiger partial charge < -0.3 is 14.7 Å². The molecule has 1 heterocycles. The Hall–Kier alpha value is -3.02. The molecule has 2 aliphatic rings. The van der Waals surface area contributed by atoms with E-state index in [9.17, 15) is 18.0 Å². The van der Waals surface area contributed by atoms with Gasteiger partial charge in [0.1, 0.15) is 11.8 Å². The third-order valence-electron chi connectivity index (χ3n) is 4.41. The van der Waals surface area contributed by atoms with E-state index in [1.54, 1.807) is 7.11 Å². The normalized spacial score (nSPS) is 17.8. The predicted molar refractivity (Wildman–Crippen MR) is 89.3 cm³/mol. The molecule has 1 aliphatic carbocycles. The maximum Gasteiger partial charge on any atom is 0.490 e. The molecule has 0 amide bonds. The molecule has 0 aromatic heterocycles. The van der Waals surface area contributed by atoms with Crippen molar-refractivity contribution in [2.45, 2.75) is 19.0 Å². The van der Waals surface area contributed by atoms with Gasteiger partial charge in [0.05, 0.1) is 12.7 Å². The minimum absolute atomic E-state index is 0.0128. The van der Waals surface area contributed by atoms with E-state index in [2.05, 4.69) is 4.90 Å². The molecule has 9 heteroatoms. The van der Waals surface area contributed by atoms with Crippen LogP contribution in [0.1, 0.15) is 12.8 Å². The van der Waals surface area contributed by atoms with Gasteiger partial charge in [-0.1, -0.05) is 6.08 Å². The molecule has 3 rings (SSSR count). The van der Waals surface area contributed by atoms with Gasteiger partial charge in [-0.2, -0.15) is 18.4 Å². The summed E-state index contributed by atoms with van der Waals surface area (Å²) in [5.74, 6) is -1.92. The number of hydrogen-bond donors (Lipinski definition) is 1. The second-order valence-electron chi connectivity index (χ2n) is 6.31. The van der Waals surface area contributed by atoms with Crippen molar-refractivity contribution in [2.24, 2.45) is 5.41 Å². The predicted octanol–water partition coefficient (Wildman–Crippen LogP) is 2.95. The minimum atomic E-state index is -5.08. The topological polar surface area (TPSA) is 90.6 Å². The summed E-state index contributed by atoms with van der Waals surface area (Å²) in [6.45, 7) is 1.75. The van der Waals surface area contributed by atoms with E-state index in [1.165, 1.54) is 0 Å². The first-order chi connectivity index (χ1) is 12.6. The number of carbonyl (C=O) groups is 2. The largest absolute Gasteiger partial charge is 0.497 e. The zero-order valence-corrected chi connectivity index (χ0v) is 14.4. The van der Waals surface area contributed by atoms with Gasteiger partial charge in [-0.15, -0.1) is 0 Å². The molecule has 1 N–H and O–H groups in total. The molecule has 0 radical (unpaired) electrons. The summed E-state index contributed by atoms with van der Waals surface area (Å²) in [5, 5.41) is 16.1. The van der Waals surface area contributed by atoms with Gasteiger partial charge in [-0.05, 0) is 30.7 Å². The Kier molecular flexibility index (Phi) is 5.78. The van der Waals surface area contributed by atoms with E-state index < -0.39 is 12.1 Å². The van der Waals surface area contributed by atoms with Crippen LogP contribution in [-0.2, 0) is 9.59 Å². The second kappa shape index (κ2) is 7.70. The molecule has 1 aromatic carbocycles. The standard InChI is InChI=1S/C16H16N2O2.C2HF3O2/c1-20-14-4-2-13(3-5-14)18-10-16(11-18)7-6-15(19)12(8-16)9-17;3-2(4,5)1(6)7/h2-5,8H,6-7,10-11H2,1H3;(H,6,7). The number of ether oxygens (including phenoxy) is 1. The number of benzene rings is 1. The number of methoxy groups -OCH3 is 1. The maximum absolute atomic E-state index is 11.6. The Morgan fingerprint density at radius 1 is 1.30 bits per heavy atom. The molecule has 0 atom stereocenters. The highest BCUT2D eigenvalue weighted by Gasteiger charge is 2.44. The second-order valence-corrected chi connectivity index (χ2v) is 6.31. The molecule has 144 valence electrons. The number of carboxylic acid groups (broad SMARTS) is 1. The third kappa shape index (κ3) is 4.78. The number of Topliss-reactive ketones (excluding diaryl/α,β-unsaturated/α-hetero) is 1. The fourth-order valence-electron chi connectivity index (χ4n) is 2.99. The van der Waals surface area contributed by atoms with Crippen LogP contribution >= 0.6 is 0 Å². The Labute approximate surface area is 153 Å². The Morgan fingerprint density at radius 3 is 2.30 bits per heavy atom. The number of nitrogens with zero attached hydrogens (tertiary/aromatic N) is 2. The van der Waals surface area contributed by atoms with Gasteiger partial charge in [0.15, 0.2) is 5.78 Å². The number of carbonyl (C=O) groups excluding carboxylic acids is 1. The zero-order valence-electron chi connectivity index (χ0n) is 14.4. The summed E-state index contributed by atoms with van der Waals surface area (Å²) in [4.78, 5) is 22.7. The van der Waals surface area contributed by atoms with Crippen molar-refractivity contribution < 1.29 is 32.6 Å². The van der Waals surface area contributed by atoms with Crippen LogP contribution in [0.25, 0.3) is 0 Å². The smallest absolute Gasteiger partial charge is 0.490 e. The summed E-state index contributed by atoms with van der Waals surface area (Å²) in [5.41, 5.74) is 1.50. The quantitative estimate of drug-likeness (QED) is 0.846. The number of nitriles is 1. The monoisotopic (exact) mass is 382 g/mol. The zero-order chi connectivity index (χ0) is 20.2. The number of halogens is 3. The van der Waals surface area contributed by atoms with Crippen molar-refractivity contribution in [1.82, 2.24) is 0 Å². The van der Waals surface area contributed by atoms with Crippen molar-refractivity contribution in [2.75, 3.05) is 25.1 Å². The van der Waals surface area contributed by atoms with E-state index in [-0.39, 0.29) is 11.2 Å². The molecule has 27 heavy (non-hydrogen) atoms. The average Bonchev–Trinajstić information content (AvgIpc) is 2.60. The lowest BCUT2D eigenvalue weighted by Crippen LogP contribution is -2.56. The Morgan fingerprint density at radius 2 is 1.85 bits per heavy atom. The first-order valence-electron chi connectivity index (χ1n) is 7.95. The van der Waals surface area contributed by atoms with E-state index in [0.29, 0.717) is 12.0 Å². The van der Waals surface area contributed by atoms with Crippen LogP contribution < -0.4 is 9.64 Å². The number of anilines is 1. The number of allylic oxidation sites excluding steroid dienone is 1. The van der Waals surface area contributed by atoms with E-state index >= 15 is 0 Å². The summed E-state index contributed by atoms with van der Waals surface area (Å²) in [6.07, 6.45) is -1.85. The first kappa shape index (κ1) is 20.3. The molecule has 1 fully saturated rings. The highest BCUT2D eigenvalue weighted by molar-refractivity contribution is 6.00. The van der Waals surface area contributed by atoms with Crippen LogP contribution in [-0.4, -0.2) is 43.2 Å². The van der Waals surface area contributed by atoms with Gasteiger partial charge in [0.25, 0.3) is 0 Å². The van der Waals surface area contributed by atoms with Gasteiger partial charge in [-0.3, -0.25) is 4.79 Å². The molecule has 0 unspecified atom stereocenters. The average molecular weight is 382 g/mol. The molecule has 6 nitrogen and oxygen atoms in total. The fourth-order valence-corrected chi connectivity index (χ4v) is 2.99. The van der Waals surface area contributed by atoms with E-state index in [4.69, 9.17) is 19.9 Å². The van der Waals surface area contributed by atoms with Crippen molar-refractivity contribution in [3.8, 4) is 11.8 Å². The van der Waals surface area contributed by atoms with Crippen molar-refractivity contribution >= 4 is 17.4 Å². The molecule has 1 saturated heterocycles. The molecule has 0 bridgehead atoms. The van der Waals surface area contributed by atoms with Gasteiger partial charge in [0.2, 0.25) is 0 Å². The molecule has 0 saturated carbocycles. The van der Waals surface area contributed by atoms with Crippen LogP contribution in [0.3, 0.4) is 0 Å². The summed E-state index contributed by atoms with van der Waals surface area (Å²) < 4.78 is 36.9. The number of rotatable bonds is 2. The molecule has 1 aliphatic heterocycles. The van der Waals surface area contributed by atoms with E-state index in [0.717, 1.165) is 30.9 Å².